The van der Waals surface area contributed by atoms with Crippen LogP contribution in [0.15, 0.2) is 17.1 Å². The number of hydrogen-bond donors (Lipinski definition) is 4. The third kappa shape index (κ3) is 5.38. The summed E-state index contributed by atoms with van der Waals surface area (Å²) in [5.74, 6) is -2.51. The number of ether oxygens (including phenoxy) is 1. The quantitative estimate of drug-likeness (QED) is 0.398. The molecule has 136 valence electrons. The largest absolute Gasteiger partial charge is 0.481 e. The molecule has 0 bridgehead atoms. The summed E-state index contributed by atoms with van der Waals surface area (Å²) in [4.78, 5) is 39.5. The highest BCUT2D eigenvalue weighted by Gasteiger charge is 2.44. The number of aromatic nitrogens is 2. The zero-order valence-corrected chi connectivity index (χ0v) is 14.4. The van der Waals surface area contributed by atoms with Crippen LogP contribution in [0.25, 0.3) is 0 Å². The van der Waals surface area contributed by atoms with E-state index < -0.39 is 39.9 Å². The summed E-state index contributed by atoms with van der Waals surface area (Å²) < 4.78 is 50.4. The number of halogens is 1. The molecule has 24 heavy (non-hydrogen) atoms. The molecule has 0 radical (unpaired) electrons. The van der Waals surface area contributed by atoms with E-state index in [0.717, 1.165) is 6.07 Å². The highest BCUT2D eigenvalue weighted by molar-refractivity contribution is 7.71. The van der Waals surface area contributed by atoms with E-state index in [0.29, 0.717) is 0 Å². The lowest BCUT2D eigenvalue weighted by Gasteiger charge is -2.22. The highest BCUT2D eigenvalue weighted by atomic mass is 32.1. The Balaban J connectivity index is 2.03. The van der Waals surface area contributed by atoms with E-state index in [9.17, 15) is 18.3 Å². The molecule has 15 heteroatoms. The third-order valence-electron chi connectivity index (χ3n) is 2.93. The van der Waals surface area contributed by atoms with Gasteiger partial charge in [0.25, 0.3) is 5.56 Å². The highest BCUT2D eigenvalue weighted by Crippen LogP contribution is 2.58. The summed E-state index contributed by atoms with van der Waals surface area (Å²) in [5, 5.41) is 0. The minimum absolute atomic E-state index is 0.00432. The number of rotatable bonds is 6. The average molecular weight is 406 g/mol. The molecule has 1 fully saturated rings. The van der Waals surface area contributed by atoms with E-state index in [-0.39, 0.29) is 17.6 Å². The van der Waals surface area contributed by atoms with E-state index in [1.807, 2.05) is 0 Å². The van der Waals surface area contributed by atoms with Crippen LogP contribution in [-0.2, 0) is 22.7 Å². The van der Waals surface area contributed by atoms with Crippen molar-refractivity contribution in [3.05, 3.63) is 27.4 Å². The molecule has 0 amide bonds. The van der Waals surface area contributed by atoms with Crippen molar-refractivity contribution in [1.29, 1.82) is 0 Å². The number of alkyl halides is 1. The van der Waals surface area contributed by atoms with Crippen LogP contribution in [0.2, 0.25) is 0 Å². The van der Waals surface area contributed by atoms with Crippen LogP contribution in [-0.4, -0.2) is 36.7 Å². The van der Waals surface area contributed by atoms with Gasteiger partial charge in [-0.1, -0.05) is 0 Å². The van der Waals surface area contributed by atoms with Gasteiger partial charge in [-0.2, -0.15) is 4.31 Å². The summed E-state index contributed by atoms with van der Waals surface area (Å²) in [6.45, 7) is -1.10. The van der Waals surface area contributed by atoms with Gasteiger partial charge >= 0.3 is 15.6 Å². The van der Waals surface area contributed by atoms with Crippen molar-refractivity contribution in [3.63, 3.8) is 0 Å². The molecular weight excluding hydrogens is 393 g/mol. The van der Waals surface area contributed by atoms with Crippen LogP contribution in [0.4, 0.5) is 4.39 Å². The van der Waals surface area contributed by atoms with Gasteiger partial charge in [0.1, 0.15) is 12.8 Å². The second-order valence-corrected chi connectivity index (χ2v) is 8.04. The first-order valence-electron chi connectivity index (χ1n) is 6.32. The first-order valence-corrected chi connectivity index (χ1v) is 9.75. The molecule has 3 atom stereocenters. The second-order valence-electron chi connectivity index (χ2n) is 4.83. The topological polar surface area (TPSA) is 160 Å². The lowest BCUT2D eigenvalue weighted by atomic mass is 10.2. The molecule has 0 saturated carbocycles. The Hall–Kier alpha value is -0.750. The van der Waals surface area contributed by atoms with Gasteiger partial charge in [0.15, 0.2) is 4.77 Å². The number of nitrogens with zero attached hydrogens (tertiary/aromatic N) is 1. The number of phosphoric acid groups is 2. The van der Waals surface area contributed by atoms with Crippen LogP contribution < -0.4 is 5.56 Å². The molecule has 11 nitrogen and oxygen atoms in total. The Kier molecular flexibility index (Phi) is 5.60. The Morgan fingerprint density at radius 1 is 1.50 bits per heavy atom. The monoisotopic (exact) mass is 406 g/mol. The maximum Gasteiger partial charge on any atom is 0.481 e. The molecule has 1 aromatic rings. The Morgan fingerprint density at radius 3 is 2.75 bits per heavy atom. The van der Waals surface area contributed by atoms with Crippen molar-refractivity contribution in [2.24, 2.45) is 0 Å². The van der Waals surface area contributed by atoms with Crippen molar-refractivity contribution in [1.82, 2.24) is 9.55 Å². The van der Waals surface area contributed by atoms with E-state index in [1.54, 1.807) is 0 Å². The maximum atomic E-state index is 14.5. The fraction of sp³-hybridized carbons (Fsp3) is 0.556. The number of nitrogens with one attached hydrogen (secondary N) is 1. The maximum absolute atomic E-state index is 14.5. The molecule has 0 spiro atoms. The van der Waals surface area contributed by atoms with Gasteiger partial charge in [-0.25, -0.2) is 13.5 Å². The molecule has 2 rings (SSSR count). The normalized spacial score (nSPS) is 27.1. The molecule has 4 N–H and O–H groups in total. The third-order valence-corrected chi connectivity index (χ3v) is 5.37. The second kappa shape index (κ2) is 6.87. The van der Waals surface area contributed by atoms with Crippen molar-refractivity contribution >= 4 is 27.9 Å². The van der Waals surface area contributed by atoms with Crippen LogP contribution in [0.5, 0.6) is 0 Å². The summed E-state index contributed by atoms with van der Waals surface area (Å²) in [7, 11) is -10.5. The zero-order valence-electron chi connectivity index (χ0n) is 11.8. The Bertz CT molecular complexity index is 822. The van der Waals surface area contributed by atoms with E-state index in [4.69, 9.17) is 31.6 Å². The predicted octanol–water partition coefficient (Wildman–Crippen LogP) is 1.11. The summed E-state index contributed by atoms with van der Waals surface area (Å²) in [6, 6.07) is 1.16. The van der Waals surface area contributed by atoms with Crippen molar-refractivity contribution in [2.45, 2.75) is 24.9 Å². The summed E-state index contributed by atoms with van der Waals surface area (Å²) >= 11 is 4.92. The lowest BCUT2D eigenvalue weighted by Crippen LogP contribution is -2.29. The summed E-state index contributed by atoms with van der Waals surface area (Å²) in [6.07, 6.45) is 0.250. The van der Waals surface area contributed by atoms with Gasteiger partial charge < -0.3 is 19.4 Å². The molecule has 1 aliphatic rings. The van der Waals surface area contributed by atoms with Gasteiger partial charge in [-0.3, -0.25) is 18.9 Å². The minimum Gasteiger partial charge on any atom is -0.320 e. The first kappa shape index (κ1) is 19.6. The molecule has 1 unspecified atom stereocenters. The van der Waals surface area contributed by atoms with E-state index >= 15 is 0 Å². The van der Waals surface area contributed by atoms with E-state index in [2.05, 4.69) is 13.8 Å². The number of aromatic amines is 1. The van der Waals surface area contributed by atoms with Gasteiger partial charge in [-0.15, -0.1) is 0 Å². The zero-order chi connectivity index (χ0) is 18.2. The lowest BCUT2D eigenvalue weighted by molar-refractivity contribution is -0.174. The number of hydrogen-bond acceptors (Lipinski definition) is 7. The van der Waals surface area contributed by atoms with Crippen molar-refractivity contribution in [2.75, 3.05) is 6.61 Å². The van der Waals surface area contributed by atoms with Gasteiger partial charge in [0, 0.05) is 18.7 Å². The van der Waals surface area contributed by atoms with Crippen LogP contribution >= 0.6 is 27.9 Å². The molecule has 1 aliphatic heterocycles. The van der Waals surface area contributed by atoms with Gasteiger partial charge in [0.05, 0.1) is 0 Å². The van der Waals surface area contributed by atoms with Crippen LogP contribution in [0.1, 0.15) is 19.1 Å². The molecule has 1 saturated heterocycles. The van der Waals surface area contributed by atoms with E-state index in [1.165, 1.54) is 10.8 Å². The summed E-state index contributed by atoms with van der Waals surface area (Å²) in [5.41, 5.74) is -0.445. The Labute approximate surface area is 138 Å². The molecule has 2 heterocycles. The fourth-order valence-electron chi connectivity index (χ4n) is 1.99. The standard InChI is InChI=1S/C9H13FN2O9P2S/c10-9(5-19-23(17,18)21-22(14,15)16)3-1-7(20-9)12-4-2-6(13)11-8(12)24/h2,4,7H,1,3,5H2,(H,17,18)(H,11,13,24)(H2,14,15,16)/t7-,9+/m1/s1. The SMILES string of the molecule is O=c1ccn([C@H]2CC[C@@](F)(COP(=O)(O)OP(=O)(O)O)O2)c(=S)[nH]1. The van der Waals surface area contributed by atoms with Crippen LogP contribution in [0, 0.1) is 4.77 Å². The van der Waals surface area contributed by atoms with Crippen LogP contribution in [0.3, 0.4) is 0 Å². The minimum atomic E-state index is -5.29. The fourth-order valence-corrected chi connectivity index (χ4v) is 3.89. The average Bonchev–Trinajstić information content (AvgIpc) is 2.77. The van der Waals surface area contributed by atoms with Crippen molar-refractivity contribution < 1.29 is 41.8 Å². The smallest absolute Gasteiger partial charge is 0.320 e. The molecule has 0 aliphatic carbocycles. The first-order chi connectivity index (χ1) is 10.9. The molecule has 0 aromatic carbocycles. The Morgan fingerprint density at radius 2 is 2.17 bits per heavy atom. The number of H-pyrrole nitrogens is 1. The molecule has 1 aromatic heterocycles. The predicted molar refractivity (Wildman–Crippen MR) is 78.0 cm³/mol. The van der Waals surface area contributed by atoms with Gasteiger partial charge in [0.2, 0.25) is 5.85 Å². The van der Waals surface area contributed by atoms with Crippen molar-refractivity contribution in [3.8, 4) is 0 Å². The molecular formula is C9H13FN2O9P2S. The number of phosphoric ester groups is 1. The van der Waals surface area contributed by atoms with Gasteiger partial charge in [-0.05, 0) is 18.6 Å².